The van der Waals surface area contributed by atoms with Gasteiger partial charge in [0.05, 0.1) is 46.7 Å². The number of carboxylic acids is 1. The zero-order chi connectivity index (χ0) is 35.6. The number of carbonyl (C=O) groups is 1. The molecule has 7 rings (SSSR count). The van der Waals surface area contributed by atoms with E-state index in [0.717, 1.165) is 24.8 Å². The van der Waals surface area contributed by atoms with Crippen LogP contribution in [0.4, 0.5) is 22.0 Å². The lowest BCUT2D eigenvalue weighted by molar-refractivity contribution is -0.0589. The highest BCUT2D eigenvalue weighted by atomic mass is 19.3. The molecule has 1 aliphatic rings. The molecule has 3 aromatic carbocycles. The minimum atomic E-state index is -2.79. The Morgan fingerprint density at radius 2 is 1.76 bits per heavy atom. The van der Waals surface area contributed by atoms with E-state index in [4.69, 9.17) is 9.47 Å². The second-order valence-electron chi connectivity index (χ2n) is 11.7. The molecule has 14 heteroatoms. The Balaban J connectivity index is 1.07. The number of fused-ring (bicyclic) bond motifs is 1. The van der Waals surface area contributed by atoms with Crippen molar-refractivity contribution in [3.63, 3.8) is 0 Å². The smallest absolute Gasteiger partial charge is 0.335 e. The predicted molar refractivity (Wildman–Crippen MR) is 174 cm³/mol. The lowest BCUT2D eigenvalue weighted by Crippen LogP contribution is -2.31. The number of hydrogen-bond donors (Lipinski definition) is 1. The van der Waals surface area contributed by atoms with E-state index in [1.54, 1.807) is 22.8 Å². The molecule has 1 saturated heterocycles. The largest absolute Gasteiger partial charge is 0.478 e. The lowest BCUT2D eigenvalue weighted by Gasteiger charge is -2.27. The maximum Gasteiger partial charge on any atom is 0.335 e. The minimum absolute atomic E-state index is 0.0417. The topological polar surface area (TPSA) is 104 Å². The number of nitrogens with zero attached hydrogens (tertiary/aromatic N) is 5. The van der Waals surface area contributed by atoms with Gasteiger partial charge in [0, 0.05) is 42.0 Å². The highest BCUT2D eigenvalue weighted by Crippen LogP contribution is 2.29. The van der Waals surface area contributed by atoms with Gasteiger partial charge in [-0.2, -0.15) is 13.9 Å². The summed E-state index contributed by atoms with van der Waals surface area (Å²) >= 11 is 0. The van der Waals surface area contributed by atoms with E-state index >= 15 is 8.78 Å². The van der Waals surface area contributed by atoms with Crippen molar-refractivity contribution in [1.29, 1.82) is 0 Å². The highest BCUT2D eigenvalue weighted by molar-refractivity contribution is 5.92. The molecule has 0 amide bonds. The average Bonchev–Trinajstić information content (AvgIpc) is 3.71. The van der Waals surface area contributed by atoms with Crippen LogP contribution in [0, 0.1) is 29.3 Å². The van der Waals surface area contributed by atoms with Gasteiger partial charge >= 0.3 is 12.5 Å². The zero-order valence-electron chi connectivity index (χ0n) is 26.5. The number of alkyl halides is 2. The van der Waals surface area contributed by atoms with Crippen molar-refractivity contribution < 1.29 is 41.3 Å². The fourth-order valence-electron chi connectivity index (χ4n) is 5.56. The third kappa shape index (κ3) is 7.29. The molecule has 6 aromatic rings. The van der Waals surface area contributed by atoms with Gasteiger partial charge in [-0.05, 0) is 60.5 Å². The predicted octanol–water partition coefficient (Wildman–Crippen LogP) is 7.16. The minimum Gasteiger partial charge on any atom is -0.478 e. The van der Waals surface area contributed by atoms with Crippen LogP contribution >= 0.6 is 0 Å². The molecule has 0 saturated carbocycles. The Hall–Kier alpha value is -6.07. The van der Waals surface area contributed by atoms with E-state index in [1.807, 2.05) is 0 Å². The summed E-state index contributed by atoms with van der Waals surface area (Å²) in [5, 5.41) is 13.0. The SMILES string of the molecule is O=C(O)c1ccc2nc(Cc3cc(F)c(-c4cccc(OCc5ccc(C#Cc6cnn(C(F)F)c6)cc5F)n4)cc3F)n(C[C@@H]3CCO3)c2c1. The van der Waals surface area contributed by atoms with Gasteiger partial charge in [-0.15, -0.1) is 0 Å². The average molecular weight is 700 g/mol. The van der Waals surface area contributed by atoms with Gasteiger partial charge in [0.2, 0.25) is 5.88 Å². The number of rotatable bonds is 10. The third-order valence-electron chi connectivity index (χ3n) is 8.32. The highest BCUT2D eigenvalue weighted by Gasteiger charge is 2.24. The molecule has 1 atom stereocenters. The second-order valence-corrected chi connectivity index (χ2v) is 11.7. The van der Waals surface area contributed by atoms with Gasteiger partial charge < -0.3 is 19.1 Å². The normalized spacial score (nSPS) is 14.0. The molecule has 0 aliphatic carbocycles. The Morgan fingerprint density at radius 1 is 0.961 bits per heavy atom. The standard InChI is InChI=1S/C37H26F5N5O4/c38-28-12-21(4-5-22-17-43-47(18-22)37(41)42)6-7-24(28)20-51-35-3-1-2-31(45-35)27-16-29(39)25(13-30(27)40)15-34-44-32-9-8-23(36(48)49)14-33(32)46(34)19-26-10-11-50-26/h1-3,6-9,12-14,16-18,26,37H,10-11,15,19-20H2,(H,48,49)/t26-/m0/s1. The molecule has 1 N–H and O–H groups in total. The zero-order valence-corrected chi connectivity index (χ0v) is 26.5. The summed E-state index contributed by atoms with van der Waals surface area (Å²) in [6.07, 6.45) is 2.90. The molecule has 1 aliphatic heterocycles. The number of benzene rings is 3. The first kappa shape index (κ1) is 33.4. The maximum atomic E-state index is 15.6. The van der Waals surface area contributed by atoms with Crippen LogP contribution in [0.1, 0.15) is 51.4 Å². The van der Waals surface area contributed by atoms with Gasteiger partial charge in [-0.3, -0.25) is 0 Å². The first-order valence-electron chi connectivity index (χ1n) is 15.7. The number of aromatic nitrogens is 5. The maximum absolute atomic E-state index is 15.6. The van der Waals surface area contributed by atoms with Gasteiger partial charge in [0.1, 0.15) is 29.9 Å². The molecular formula is C37H26F5N5O4. The molecule has 1 fully saturated rings. The van der Waals surface area contributed by atoms with Crippen LogP contribution in [0.3, 0.4) is 0 Å². The van der Waals surface area contributed by atoms with Crippen LogP contribution in [0.5, 0.6) is 5.88 Å². The third-order valence-corrected chi connectivity index (χ3v) is 8.32. The number of imidazole rings is 1. The molecule has 3 aromatic heterocycles. The van der Waals surface area contributed by atoms with Crippen LogP contribution in [-0.2, 0) is 24.3 Å². The van der Waals surface area contributed by atoms with Crippen molar-refractivity contribution >= 4 is 17.0 Å². The first-order valence-corrected chi connectivity index (χ1v) is 15.7. The Bertz CT molecular complexity index is 2340. The Kier molecular flexibility index (Phi) is 9.20. The number of halogens is 5. The number of aromatic carboxylic acids is 1. The van der Waals surface area contributed by atoms with Crippen LogP contribution in [0.2, 0.25) is 0 Å². The molecule has 0 bridgehead atoms. The number of carboxylic acid groups (broad SMARTS) is 1. The molecule has 9 nitrogen and oxygen atoms in total. The molecule has 0 unspecified atom stereocenters. The van der Waals surface area contributed by atoms with Gasteiger partial charge in [0.15, 0.2) is 0 Å². The van der Waals surface area contributed by atoms with E-state index in [0.29, 0.717) is 40.3 Å². The molecule has 4 heterocycles. The summed E-state index contributed by atoms with van der Waals surface area (Å²) < 4.78 is 84.9. The number of pyridine rings is 1. The van der Waals surface area contributed by atoms with Crippen LogP contribution in [0.15, 0.2) is 79.1 Å². The van der Waals surface area contributed by atoms with Crippen LogP contribution < -0.4 is 4.74 Å². The Morgan fingerprint density at radius 3 is 2.49 bits per heavy atom. The summed E-state index contributed by atoms with van der Waals surface area (Å²) in [4.78, 5) is 20.5. The van der Waals surface area contributed by atoms with E-state index < -0.39 is 30.0 Å². The summed E-state index contributed by atoms with van der Waals surface area (Å²) in [5.74, 6) is 2.67. The van der Waals surface area contributed by atoms with Crippen LogP contribution in [0.25, 0.3) is 22.3 Å². The van der Waals surface area contributed by atoms with Gasteiger partial charge in [-0.25, -0.2) is 32.6 Å². The molecular weight excluding hydrogens is 673 g/mol. The lowest BCUT2D eigenvalue weighted by atomic mass is 10.0. The summed E-state index contributed by atoms with van der Waals surface area (Å²) in [6.45, 7) is -2.03. The van der Waals surface area contributed by atoms with E-state index in [2.05, 4.69) is 26.9 Å². The van der Waals surface area contributed by atoms with E-state index in [-0.39, 0.29) is 58.5 Å². The summed E-state index contributed by atoms with van der Waals surface area (Å²) in [6, 6.07) is 15.4. The number of ether oxygens (including phenoxy) is 2. The summed E-state index contributed by atoms with van der Waals surface area (Å²) in [7, 11) is 0. The van der Waals surface area contributed by atoms with E-state index in [1.165, 1.54) is 42.6 Å². The van der Waals surface area contributed by atoms with Crippen molar-refractivity contribution in [2.24, 2.45) is 0 Å². The van der Waals surface area contributed by atoms with Crippen molar-refractivity contribution in [2.45, 2.75) is 38.6 Å². The summed E-state index contributed by atoms with van der Waals surface area (Å²) in [5.41, 5.74) is 1.90. The van der Waals surface area contributed by atoms with Crippen molar-refractivity contribution in [1.82, 2.24) is 24.3 Å². The second kappa shape index (κ2) is 14.0. The first-order chi connectivity index (χ1) is 24.6. The van der Waals surface area contributed by atoms with Crippen molar-refractivity contribution in [2.75, 3.05) is 6.61 Å². The molecule has 0 radical (unpaired) electrons. The van der Waals surface area contributed by atoms with Crippen LogP contribution in [-0.4, -0.2) is 48.1 Å². The quantitative estimate of drug-likeness (QED) is 0.120. The monoisotopic (exact) mass is 699 g/mol. The van der Waals surface area contributed by atoms with Gasteiger partial charge in [-0.1, -0.05) is 24.0 Å². The van der Waals surface area contributed by atoms with Crippen molar-refractivity contribution in [3.8, 4) is 29.0 Å². The van der Waals surface area contributed by atoms with Crippen molar-refractivity contribution in [3.05, 3.63) is 130 Å². The number of hydrogen-bond acceptors (Lipinski definition) is 6. The van der Waals surface area contributed by atoms with E-state index in [9.17, 15) is 23.1 Å². The fraction of sp³-hybridized carbons (Fsp3) is 0.189. The molecule has 258 valence electrons. The van der Waals surface area contributed by atoms with Gasteiger partial charge in [0.25, 0.3) is 0 Å². The molecule has 0 spiro atoms. The Labute approximate surface area is 286 Å². The fourth-order valence-corrected chi connectivity index (χ4v) is 5.56. The molecule has 51 heavy (non-hydrogen) atoms.